The molecule has 45 heavy (non-hydrogen) atoms. The molecular formula is C38H26F4N2Ti. The molecule has 4 aromatic carbocycles. The molecule has 0 aliphatic heterocycles. The predicted octanol–water partition coefficient (Wildman–Crippen LogP) is 9.63. The van der Waals surface area contributed by atoms with Crippen LogP contribution in [0.15, 0.2) is 109 Å². The standard InChI is InChI=1S/2C10H6F2N.2C9H7.Ti/c2*11-7-3-4-8(9(12)6-7)10-2-1-5-13-10;2*1-2-5-9-7-3-6-8(9)4-1;/h2*1-5,13H;2*1-4,7H,6H2;/q4*-1;+4. The first-order chi connectivity index (χ1) is 21.5. The normalized spacial score (nSPS) is 11.5. The van der Waals surface area contributed by atoms with Gasteiger partial charge in [0.2, 0.25) is 0 Å². The second-order valence-corrected chi connectivity index (χ2v) is 9.67. The third-order valence-corrected chi connectivity index (χ3v) is 6.70. The quantitative estimate of drug-likeness (QED) is 0.108. The summed E-state index contributed by atoms with van der Waals surface area (Å²) in [5.74, 6) is -2.73. The van der Waals surface area contributed by atoms with Crippen LogP contribution in [0.1, 0.15) is 22.3 Å². The minimum Gasteiger partial charge on any atom is -0.371 e. The number of rotatable bonds is 2. The van der Waals surface area contributed by atoms with Crippen molar-refractivity contribution in [3.05, 3.63) is 179 Å². The van der Waals surface area contributed by atoms with Gasteiger partial charge in [-0.3, -0.25) is 0 Å². The molecule has 2 aliphatic carbocycles. The number of nitrogens with one attached hydrogen (secondary N) is 2. The van der Waals surface area contributed by atoms with Crippen LogP contribution in [-0.2, 0) is 34.6 Å². The van der Waals surface area contributed by atoms with Gasteiger partial charge in [-0.1, -0.05) is 24.0 Å². The fourth-order valence-corrected chi connectivity index (χ4v) is 4.54. The van der Waals surface area contributed by atoms with Crippen molar-refractivity contribution < 1.29 is 39.3 Å². The summed E-state index contributed by atoms with van der Waals surface area (Å²) in [5, 5.41) is 0. The maximum atomic E-state index is 13.1. The van der Waals surface area contributed by atoms with Crippen molar-refractivity contribution >= 4 is 12.2 Å². The van der Waals surface area contributed by atoms with E-state index in [1.807, 2.05) is 36.4 Å². The number of aromatic amines is 2. The largest absolute Gasteiger partial charge is 4.00 e. The number of hydrogen-bond acceptors (Lipinski definition) is 0. The minimum atomic E-state index is -0.687. The molecule has 2 heterocycles. The summed E-state index contributed by atoms with van der Waals surface area (Å²) in [4.78, 5) is 5.66. The van der Waals surface area contributed by atoms with Crippen molar-refractivity contribution in [2.24, 2.45) is 0 Å². The Balaban J connectivity index is 0.000000137. The molecule has 0 saturated heterocycles. The van der Waals surface area contributed by atoms with E-state index >= 15 is 0 Å². The van der Waals surface area contributed by atoms with Gasteiger partial charge in [0.05, 0.1) is 0 Å². The second kappa shape index (κ2) is 16.4. The maximum Gasteiger partial charge on any atom is 4.00 e. The van der Waals surface area contributed by atoms with Crippen LogP contribution in [0.2, 0.25) is 0 Å². The molecule has 2 nitrogen and oxygen atoms in total. The number of hydrogen-bond donors (Lipinski definition) is 2. The number of halogens is 4. The third kappa shape index (κ3) is 9.18. The number of aromatic nitrogens is 2. The van der Waals surface area contributed by atoms with Gasteiger partial charge >= 0.3 is 21.7 Å². The summed E-state index contributed by atoms with van der Waals surface area (Å²) in [7, 11) is 0. The average molecular weight is 634 g/mol. The van der Waals surface area contributed by atoms with Crippen LogP contribution in [0.4, 0.5) is 17.6 Å². The molecule has 7 heteroatoms. The van der Waals surface area contributed by atoms with Crippen LogP contribution in [-0.4, -0.2) is 9.97 Å². The van der Waals surface area contributed by atoms with Crippen molar-refractivity contribution in [2.45, 2.75) is 12.8 Å². The molecule has 0 saturated carbocycles. The van der Waals surface area contributed by atoms with Crippen LogP contribution in [0, 0.1) is 47.5 Å². The van der Waals surface area contributed by atoms with E-state index in [9.17, 15) is 17.6 Å². The van der Waals surface area contributed by atoms with Gasteiger partial charge in [-0.25, -0.2) is 17.6 Å². The van der Waals surface area contributed by atoms with Gasteiger partial charge in [0.25, 0.3) is 0 Å². The predicted molar refractivity (Wildman–Crippen MR) is 166 cm³/mol. The average Bonchev–Trinajstić information content (AvgIpc) is 3.86. The zero-order valence-electron chi connectivity index (χ0n) is 24.0. The molecule has 0 radical (unpaired) electrons. The molecular weight excluding hydrogens is 608 g/mol. The van der Waals surface area contributed by atoms with Gasteiger partial charge in [0.15, 0.2) is 0 Å². The van der Waals surface area contributed by atoms with E-state index in [4.69, 9.17) is 0 Å². The van der Waals surface area contributed by atoms with Crippen molar-refractivity contribution in [3.63, 3.8) is 0 Å². The van der Waals surface area contributed by atoms with Gasteiger partial charge in [-0.05, 0) is 35.7 Å². The summed E-state index contributed by atoms with van der Waals surface area (Å²) in [6.07, 6.45) is 14.1. The fraction of sp³-hybridized carbons (Fsp3) is 0.0526. The Morgan fingerprint density at radius 2 is 0.978 bits per heavy atom. The van der Waals surface area contributed by atoms with Crippen molar-refractivity contribution in [2.75, 3.05) is 0 Å². The van der Waals surface area contributed by atoms with Crippen LogP contribution in [0.3, 0.4) is 0 Å². The second-order valence-electron chi connectivity index (χ2n) is 9.67. The van der Waals surface area contributed by atoms with E-state index in [0.717, 1.165) is 12.8 Å². The zero-order valence-corrected chi connectivity index (χ0v) is 25.5. The SMILES string of the molecule is Fc1[c-]c(F)c(-c2ccc[nH]2)cc1.Fc1[c-]c(F)c(-c2ccc[nH]2)cc1.[Ti+4].[c-]1cccc2c1C=CC2.[c-]1cccc2c1C=CC2. The van der Waals surface area contributed by atoms with Gasteiger partial charge in [0.1, 0.15) is 0 Å². The summed E-state index contributed by atoms with van der Waals surface area (Å²) < 4.78 is 51.2. The molecule has 2 aliphatic rings. The summed E-state index contributed by atoms with van der Waals surface area (Å²) in [6.45, 7) is 0. The number of allylic oxidation sites excluding steroid dienone is 2. The number of H-pyrrole nitrogens is 2. The Kier molecular flexibility index (Phi) is 12.1. The van der Waals surface area contributed by atoms with E-state index < -0.39 is 23.3 Å². The maximum absolute atomic E-state index is 13.1. The monoisotopic (exact) mass is 634 g/mol. The molecule has 0 amide bonds. The van der Waals surface area contributed by atoms with E-state index in [1.165, 1.54) is 46.5 Å². The molecule has 2 N–H and O–H groups in total. The van der Waals surface area contributed by atoms with Gasteiger partial charge < -0.3 is 9.97 Å². The molecule has 0 bridgehead atoms. The van der Waals surface area contributed by atoms with Gasteiger partial charge in [-0.15, -0.1) is 119 Å². The van der Waals surface area contributed by atoms with Crippen LogP contribution in [0.25, 0.3) is 34.7 Å². The van der Waals surface area contributed by atoms with Gasteiger partial charge in [0, 0.05) is 35.7 Å². The first-order valence-corrected chi connectivity index (χ1v) is 13.8. The first-order valence-electron chi connectivity index (χ1n) is 13.8. The van der Waals surface area contributed by atoms with Crippen molar-refractivity contribution in [1.82, 2.24) is 9.97 Å². The van der Waals surface area contributed by atoms with E-state index in [2.05, 4.69) is 58.5 Å². The molecule has 2 aromatic heterocycles. The van der Waals surface area contributed by atoms with Crippen molar-refractivity contribution in [3.8, 4) is 22.5 Å². The van der Waals surface area contributed by atoms with Crippen molar-refractivity contribution in [1.29, 1.82) is 0 Å². The molecule has 0 fully saturated rings. The van der Waals surface area contributed by atoms with E-state index in [-0.39, 0.29) is 21.7 Å². The smallest absolute Gasteiger partial charge is 0.371 e. The topological polar surface area (TPSA) is 31.6 Å². The minimum absolute atomic E-state index is 0. The molecule has 0 atom stereocenters. The Morgan fingerprint density at radius 1 is 0.533 bits per heavy atom. The summed E-state index contributed by atoms with van der Waals surface area (Å²) in [5.41, 5.74) is 7.21. The molecule has 0 spiro atoms. The zero-order chi connectivity index (χ0) is 30.7. The molecule has 0 unspecified atom stereocenters. The summed E-state index contributed by atoms with van der Waals surface area (Å²) >= 11 is 0. The first kappa shape index (κ1) is 33.3. The van der Waals surface area contributed by atoms with Crippen LogP contribution < -0.4 is 0 Å². The van der Waals surface area contributed by atoms with E-state index in [1.54, 1.807) is 36.7 Å². The molecule has 8 rings (SSSR count). The number of fused-ring (bicyclic) bond motifs is 2. The Morgan fingerprint density at radius 3 is 1.33 bits per heavy atom. The Hall–Kier alpha value is -4.65. The Bertz CT molecular complexity index is 1720. The third-order valence-electron chi connectivity index (χ3n) is 6.70. The van der Waals surface area contributed by atoms with Crippen LogP contribution in [0.5, 0.6) is 0 Å². The Labute approximate surface area is 275 Å². The molecule has 6 aromatic rings. The van der Waals surface area contributed by atoms with Crippen LogP contribution >= 0.6 is 0 Å². The van der Waals surface area contributed by atoms with E-state index in [0.29, 0.717) is 22.5 Å². The fourth-order valence-electron chi connectivity index (χ4n) is 4.54. The van der Waals surface area contributed by atoms with Gasteiger partial charge in [-0.2, -0.15) is 12.1 Å². The molecule has 220 valence electrons. The number of benzene rings is 4. The summed E-state index contributed by atoms with van der Waals surface area (Å²) in [6, 6.07) is 34.6.